The van der Waals surface area contributed by atoms with Crippen LogP contribution in [0.4, 0.5) is 10.5 Å². The topological polar surface area (TPSA) is 119 Å². The molecule has 0 aromatic heterocycles. The van der Waals surface area contributed by atoms with Crippen LogP contribution in [0.3, 0.4) is 0 Å². The number of carbonyl (C=O) groups excluding carboxylic acids is 4. The van der Waals surface area contributed by atoms with Gasteiger partial charge in [0.1, 0.15) is 12.3 Å². The van der Waals surface area contributed by atoms with Gasteiger partial charge in [-0.15, -0.1) is 0 Å². The lowest BCUT2D eigenvalue weighted by molar-refractivity contribution is -0.127. The molecule has 0 unspecified atom stereocenters. The molecule has 0 spiro atoms. The van der Waals surface area contributed by atoms with E-state index in [9.17, 15) is 19.2 Å². The Morgan fingerprint density at radius 3 is 2.48 bits per heavy atom. The number of anilines is 1. The molecule has 9 heteroatoms. The van der Waals surface area contributed by atoms with Gasteiger partial charge in [0.15, 0.2) is 6.61 Å². The number of para-hydroxylation sites is 2. The van der Waals surface area contributed by atoms with E-state index in [4.69, 9.17) is 10.5 Å². The quantitative estimate of drug-likeness (QED) is 0.675. The zero-order chi connectivity index (χ0) is 20.8. The third kappa shape index (κ3) is 5.23. The van der Waals surface area contributed by atoms with Gasteiger partial charge >= 0.3 is 0 Å². The largest absolute Gasteiger partial charge is 0.483 e. The fourth-order valence-corrected chi connectivity index (χ4v) is 3.35. The molecule has 1 fully saturated rings. The summed E-state index contributed by atoms with van der Waals surface area (Å²) in [5.41, 5.74) is 6.16. The lowest BCUT2D eigenvalue weighted by Gasteiger charge is -2.12. The van der Waals surface area contributed by atoms with E-state index in [0.29, 0.717) is 17.0 Å². The summed E-state index contributed by atoms with van der Waals surface area (Å²) in [6, 6.07) is 15.4. The number of carbonyl (C=O) groups is 4. The molecule has 0 radical (unpaired) electrons. The third-order valence-corrected chi connectivity index (χ3v) is 4.72. The molecule has 2 aromatic rings. The van der Waals surface area contributed by atoms with Gasteiger partial charge in [-0.1, -0.05) is 36.4 Å². The predicted octanol–water partition coefficient (Wildman–Crippen LogP) is 2.23. The number of imide groups is 1. The molecule has 1 heterocycles. The molecule has 3 N–H and O–H groups in total. The molecule has 1 saturated heterocycles. The van der Waals surface area contributed by atoms with Gasteiger partial charge in [-0.25, -0.2) is 0 Å². The van der Waals surface area contributed by atoms with E-state index < -0.39 is 29.5 Å². The van der Waals surface area contributed by atoms with Crippen LogP contribution in [0.1, 0.15) is 5.56 Å². The molecule has 1 aliphatic rings. The number of hydrogen-bond acceptors (Lipinski definition) is 6. The standard InChI is InChI=1S/C20H17N3O5S/c21-17(24)12-28-15-9-5-4-6-13(15)10-16-19(26)23(20(27)29-16)11-18(25)22-14-7-2-1-3-8-14/h1-10H,11-12H2,(H2,21,24)(H,22,25)/b16-10-. The molecule has 0 atom stereocenters. The Labute approximate surface area is 170 Å². The Bertz CT molecular complexity index is 991. The molecule has 0 aliphatic carbocycles. The van der Waals surface area contributed by atoms with Gasteiger partial charge in [0.2, 0.25) is 5.91 Å². The Morgan fingerprint density at radius 2 is 1.76 bits per heavy atom. The Hall–Kier alpha value is -3.59. The van der Waals surface area contributed by atoms with E-state index in [1.807, 2.05) is 6.07 Å². The number of nitrogens with two attached hydrogens (primary N) is 1. The molecule has 8 nitrogen and oxygen atoms in total. The minimum Gasteiger partial charge on any atom is -0.483 e. The van der Waals surface area contributed by atoms with Gasteiger partial charge in [-0.3, -0.25) is 24.1 Å². The molecule has 148 valence electrons. The van der Waals surface area contributed by atoms with E-state index in [0.717, 1.165) is 16.7 Å². The van der Waals surface area contributed by atoms with Crippen molar-refractivity contribution in [2.24, 2.45) is 5.73 Å². The molecule has 0 bridgehead atoms. The normalized spacial score (nSPS) is 14.9. The van der Waals surface area contributed by atoms with Gasteiger partial charge in [-0.05, 0) is 36.0 Å². The fourth-order valence-electron chi connectivity index (χ4n) is 2.52. The Balaban J connectivity index is 1.72. The summed E-state index contributed by atoms with van der Waals surface area (Å²) >= 11 is 0.729. The minimum absolute atomic E-state index is 0.151. The van der Waals surface area contributed by atoms with E-state index in [1.165, 1.54) is 6.08 Å². The number of benzene rings is 2. The van der Waals surface area contributed by atoms with E-state index >= 15 is 0 Å². The Morgan fingerprint density at radius 1 is 1.07 bits per heavy atom. The first-order valence-electron chi connectivity index (χ1n) is 8.54. The van der Waals surface area contributed by atoms with Crippen LogP contribution in [0.2, 0.25) is 0 Å². The molecule has 29 heavy (non-hydrogen) atoms. The minimum atomic E-state index is -0.635. The number of thioether (sulfide) groups is 1. The summed E-state index contributed by atoms with van der Waals surface area (Å²) in [4.78, 5) is 49.0. The first kappa shape index (κ1) is 20.2. The fraction of sp³-hybridized carbons (Fsp3) is 0.100. The highest BCUT2D eigenvalue weighted by atomic mass is 32.2. The van der Waals surface area contributed by atoms with E-state index in [-0.39, 0.29) is 11.5 Å². The van der Waals surface area contributed by atoms with Crippen molar-refractivity contribution in [3.8, 4) is 5.75 Å². The molecule has 3 rings (SSSR count). The van der Waals surface area contributed by atoms with Crippen molar-refractivity contribution in [2.45, 2.75) is 0 Å². The zero-order valence-electron chi connectivity index (χ0n) is 15.2. The summed E-state index contributed by atoms with van der Waals surface area (Å²) in [7, 11) is 0. The second kappa shape index (κ2) is 9.07. The summed E-state index contributed by atoms with van der Waals surface area (Å²) in [6.45, 7) is -0.706. The van der Waals surface area contributed by atoms with Gasteiger partial charge in [-0.2, -0.15) is 0 Å². The lowest BCUT2D eigenvalue weighted by Crippen LogP contribution is -2.36. The van der Waals surface area contributed by atoms with Gasteiger partial charge < -0.3 is 15.8 Å². The number of nitrogens with one attached hydrogen (secondary N) is 1. The number of primary amides is 1. The highest BCUT2D eigenvalue weighted by Gasteiger charge is 2.36. The summed E-state index contributed by atoms with van der Waals surface area (Å²) in [5.74, 6) is -1.35. The van der Waals surface area contributed by atoms with E-state index in [2.05, 4.69) is 5.32 Å². The molecule has 4 amide bonds. The van der Waals surface area contributed by atoms with Crippen LogP contribution < -0.4 is 15.8 Å². The van der Waals surface area contributed by atoms with Crippen molar-refractivity contribution < 1.29 is 23.9 Å². The molecule has 1 aliphatic heterocycles. The average Bonchev–Trinajstić information content (AvgIpc) is 2.95. The van der Waals surface area contributed by atoms with Crippen molar-refractivity contribution >= 4 is 46.5 Å². The van der Waals surface area contributed by atoms with Gasteiger partial charge in [0, 0.05) is 11.3 Å². The first-order chi connectivity index (χ1) is 13.9. The maximum absolute atomic E-state index is 12.6. The number of nitrogens with zero attached hydrogens (tertiary/aromatic N) is 1. The number of amides is 4. The van der Waals surface area contributed by atoms with Gasteiger partial charge in [0.05, 0.1) is 4.91 Å². The van der Waals surface area contributed by atoms with Crippen molar-refractivity contribution in [1.82, 2.24) is 4.90 Å². The zero-order valence-corrected chi connectivity index (χ0v) is 16.0. The number of ether oxygens (including phenoxy) is 1. The number of rotatable bonds is 7. The molecular weight excluding hydrogens is 394 g/mol. The van der Waals surface area contributed by atoms with Crippen molar-refractivity contribution in [3.05, 3.63) is 65.1 Å². The van der Waals surface area contributed by atoms with Crippen LogP contribution >= 0.6 is 11.8 Å². The van der Waals surface area contributed by atoms with Crippen LogP contribution in [0, 0.1) is 0 Å². The second-order valence-corrected chi connectivity index (χ2v) is 6.97. The molecular formula is C20H17N3O5S. The van der Waals surface area contributed by atoms with Crippen molar-refractivity contribution in [3.63, 3.8) is 0 Å². The van der Waals surface area contributed by atoms with Crippen LogP contribution in [-0.4, -0.2) is 41.0 Å². The second-order valence-electron chi connectivity index (χ2n) is 5.97. The first-order valence-corrected chi connectivity index (χ1v) is 9.36. The smallest absolute Gasteiger partial charge is 0.294 e. The maximum Gasteiger partial charge on any atom is 0.294 e. The highest BCUT2D eigenvalue weighted by molar-refractivity contribution is 8.18. The SMILES string of the molecule is NC(=O)COc1ccccc1/C=C1\SC(=O)N(CC(=O)Nc2ccccc2)C1=O. The highest BCUT2D eigenvalue weighted by Crippen LogP contribution is 2.33. The van der Waals surface area contributed by atoms with E-state index in [1.54, 1.807) is 48.5 Å². The Kier molecular flexibility index (Phi) is 6.30. The number of hydrogen-bond donors (Lipinski definition) is 2. The van der Waals surface area contributed by atoms with Crippen LogP contribution in [0.25, 0.3) is 6.08 Å². The monoisotopic (exact) mass is 411 g/mol. The molecule has 0 saturated carbocycles. The van der Waals surface area contributed by atoms with Crippen LogP contribution in [-0.2, 0) is 14.4 Å². The van der Waals surface area contributed by atoms with Crippen molar-refractivity contribution in [1.29, 1.82) is 0 Å². The predicted molar refractivity (Wildman–Crippen MR) is 109 cm³/mol. The van der Waals surface area contributed by atoms with Gasteiger partial charge in [0.25, 0.3) is 17.1 Å². The average molecular weight is 411 g/mol. The third-order valence-electron chi connectivity index (χ3n) is 3.81. The van der Waals surface area contributed by atoms with Crippen LogP contribution in [0.15, 0.2) is 59.5 Å². The lowest BCUT2D eigenvalue weighted by atomic mass is 10.2. The summed E-state index contributed by atoms with van der Waals surface area (Å²) < 4.78 is 5.33. The maximum atomic E-state index is 12.6. The van der Waals surface area contributed by atoms with Crippen molar-refractivity contribution in [2.75, 3.05) is 18.5 Å². The van der Waals surface area contributed by atoms with Crippen LogP contribution in [0.5, 0.6) is 5.75 Å². The summed E-state index contributed by atoms with van der Waals surface area (Å²) in [5, 5.41) is 2.09. The summed E-state index contributed by atoms with van der Waals surface area (Å²) in [6.07, 6.45) is 1.48. The molecule has 2 aromatic carbocycles.